The Bertz CT molecular complexity index is 613. The third-order valence-electron chi connectivity index (χ3n) is 2.68. The van der Waals surface area contributed by atoms with Gasteiger partial charge in [0.1, 0.15) is 0 Å². The van der Waals surface area contributed by atoms with Crippen LogP contribution in [0.5, 0.6) is 0 Å². The maximum absolute atomic E-state index is 11.5. The molecule has 0 aromatic heterocycles. The van der Waals surface area contributed by atoms with E-state index in [4.69, 9.17) is 5.73 Å². The summed E-state index contributed by atoms with van der Waals surface area (Å²) >= 11 is 3.46. The number of nitrogen functional groups attached to an aromatic ring is 1. The zero-order chi connectivity index (χ0) is 13.8. The smallest absolute Gasteiger partial charge is 0.251 e. The molecule has 98 valence electrons. The van der Waals surface area contributed by atoms with Gasteiger partial charge in [-0.1, -0.05) is 12.1 Å². The first-order valence-electron chi connectivity index (χ1n) is 5.75. The lowest BCUT2D eigenvalue weighted by atomic mass is 10.1. The van der Waals surface area contributed by atoms with Crippen LogP contribution < -0.4 is 16.4 Å². The highest BCUT2D eigenvalue weighted by Gasteiger charge is 2.07. The van der Waals surface area contributed by atoms with Crippen LogP contribution in [0.1, 0.15) is 10.4 Å². The Hall–Kier alpha value is -2.01. The van der Waals surface area contributed by atoms with Gasteiger partial charge in [0.05, 0.1) is 17.1 Å². The molecule has 4 N–H and O–H groups in total. The van der Waals surface area contributed by atoms with E-state index in [1.165, 1.54) is 0 Å². The number of halogens is 1. The summed E-state index contributed by atoms with van der Waals surface area (Å²) in [6.45, 7) is 0. The normalized spacial score (nSPS) is 10.0. The Kier molecular flexibility index (Phi) is 4.06. The van der Waals surface area contributed by atoms with Crippen LogP contribution in [0.25, 0.3) is 0 Å². The molecule has 4 nitrogen and oxygen atoms in total. The Morgan fingerprint density at radius 3 is 2.53 bits per heavy atom. The van der Waals surface area contributed by atoms with Crippen molar-refractivity contribution in [2.24, 2.45) is 0 Å². The summed E-state index contributed by atoms with van der Waals surface area (Å²) in [5.74, 6) is -0.154. The fourth-order valence-electron chi connectivity index (χ4n) is 1.67. The van der Waals surface area contributed by atoms with Gasteiger partial charge in [-0.2, -0.15) is 0 Å². The van der Waals surface area contributed by atoms with Crippen molar-refractivity contribution < 1.29 is 4.79 Å². The third kappa shape index (κ3) is 3.06. The van der Waals surface area contributed by atoms with Crippen molar-refractivity contribution in [1.29, 1.82) is 0 Å². The number of rotatable bonds is 3. The van der Waals surface area contributed by atoms with Crippen molar-refractivity contribution >= 4 is 38.9 Å². The molecule has 0 unspecified atom stereocenters. The van der Waals surface area contributed by atoms with Gasteiger partial charge < -0.3 is 16.4 Å². The van der Waals surface area contributed by atoms with E-state index in [1.54, 1.807) is 25.2 Å². The number of benzene rings is 2. The van der Waals surface area contributed by atoms with Crippen LogP contribution in [0, 0.1) is 0 Å². The third-order valence-corrected chi connectivity index (χ3v) is 3.38. The summed E-state index contributed by atoms with van der Waals surface area (Å²) in [5, 5.41) is 5.79. The Morgan fingerprint density at radius 2 is 1.89 bits per heavy atom. The maximum atomic E-state index is 11.5. The quantitative estimate of drug-likeness (QED) is 0.761. The predicted octanol–water partition coefficient (Wildman–Crippen LogP) is 3.13. The summed E-state index contributed by atoms with van der Waals surface area (Å²) in [6, 6.07) is 12.9. The largest absolute Gasteiger partial charge is 0.397 e. The molecular formula is C14H14BrN3O. The summed E-state index contributed by atoms with van der Waals surface area (Å²) in [7, 11) is 1.59. The molecule has 0 aliphatic rings. The van der Waals surface area contributed by atoms with Crippen molar-refractivity contribution in [3.8, 4) is 0 Å². The summed E-state index contributed by atoms with van der Waals surface area (Å²) in [5.41, 5.74) is 8.70. The van der Waals surface area contributed by atoms with E-state index in [2.05, 4.69) is 26.6 Å². The van der Waals surface area contributed by atoms with Crippen LogP contribution >= 0.6 is 15.9 Å². The second-order valence-electron chi connectivity index (χ2n) is 3.99. The Balaban J connectivity index is 2.27. The number of nitrogens with two attached hydrogens (primary N) is 1. The summed E-state index contributed by atoms with van der Waals surface area (Å²) in [4.78, 5) is 11.5. The highest BCUT2D eigenvalue weighted by atomic mass is 79.9. The number of para-hydroxylation sites is 1. The van der Waals surface area contributed by atoms with E-state index >= 15 is 0 Å². The van der Waals surface area contributed by atoms with Gasteiger partial charge in [-0.25, -0.2) is 0 Å². The molecule has 0 spiro atoms. The number of hydrogen-bond acceptors (Lipinski definition) is 3. The second-order valence-corrected chi connectivity index (χ2v) is 4.84. The number of hydrogen-bond donors (Lipinski definition) is 3. The number of carbonyl (C=O) groups is 1. The molecule has 0 bridgehead atoms. The fourth-order valence-corrected chi connectivity index (χ4v) is 2.05. The fraction of sp³-hybridized carbons (Fsp3) is 0.0714. The minimum Gasteiger partial charge on any atom is -0.397 e. The van der Waals surface area contributed by atoms with Crippen molar-refractivity contribution in [3.05, 3.63) is 52.5 Å². The molecule has 2 aromatic rings. The van der Waals surface area contributed by atoms with Crippen molar-refractivity contribution in [3.63, 3.8) is 0 Å². The van der Waals surface area contributed by atoms with Crippen LogP contribution in [0.3, 0.4) is 0 Å². The predicted molar refractivity (Wildman–Crippen MR) is 81.7 cm³/mol. The van der Waals surface area contributed by atoms with E-state index in [1.807, 2.05) is 24.3 Å². The van der Waals surface area contributed by atoms with Crippen LogP contribution in [0.2, 0.25) is 0 Å². The molecule has 0 saturated carbocycles. The molecule has 0 fully saturated rings. The molecular weight excluding hydrogens is 306 g/mol. The lowest BCUT2D eigenvalue weighted by Crippen LogP contribution is -2.17. The monoisotopic (exact) mass is 319 g/mol. The van der Waals surface area contributed by atoms with E-state index in [-0.39, 0.29) is 5.91 Å². The van der Waals surface area contributed by atoms with Crippen molar-refractivity contribution in [1.82, 2.24) is 5.32 Å². The van der Waals surface area contributed by atoms with E-state index in [0.29, 0.717) is 11.3 Å². The molecule has 0 heterocycles. The molecule has 0 saturated heterocycles. The van der Waals surface area contributed by atoms with Gasteiger partial charge in [0, 0.05) is 17.1 Å². The van der Waals surface area contributed by atoms with Gasteiger partial charge in [-0.15, -0.1) is 0 Å². The molecule has 1 amide bonds. The highest BCUT2D eigenvalue weighted by molar-refractivity contribution is 9.10. The molecule has 2 rings (SSSR count). The Morgan fingerprint density at radius 1 is 1.16 bits per heavy atom. The van der Waals surface area contributed by atoms with Crippen molar-refractivity contribution in [2.45, 2.75) is 0 Å². The van der Waals surface area contributed by atoms with Gasteiger partial charge in [0.15, 0.2) is 0 Å². The highest BCUT2D eigenvalue weighted by Crippen LogP contribution is 2.28. The lowest BCUT2D eigenvalue weighted by molar-refractivity contribution is 0.0963. The first kappa shape index (κ1) is 13.4. The van der Waals surface area contributed by atoms with Crippen LogP contribution in [0.4, 0.5) is 17.1 Å². The van der Waals surface area contributed by atoms with Gasteiger partial charge in [0.2, 0.25) is 0 Å². The van der Waals surface area contributed by atoms with Gasteiger partial charge >= 0.3 is 0 Å². The SMILES string of the molecule is CNC(=O)c1ccc(Nc2ccccc2Br)c(N)c1. The Labute approximate surface area is 120 Å². The first-order chi connectivity index (χ1) is 9.11. The number of amides is 1. The number of anilines is 3. The molecule has 0 aliphatic heterocycles. The molecule has 2 aromatic carbocycles. The average molecular weight is 320 g/mol. The van der Waals surface area contributed by atoms with Gasteiger partial charge in [-0.3, -0.25) is 4.79 Å². The minimum atomic E-state index is -0.154. The van der Waals surface area contributed by atoms with Crippen LogP contribution in [0.15, 0.2) is 46.9 Å². The van der Waals surface area contributed by atoms with E-state index in [0.717, 1.165) is 15.8 Å². The van der Waals surface area contributed by atoms with Gasteiger partial charge in [-0.05, 0) is 46.3 Å². The zero-order valence-corrected chi connectivity index (χ0v) is 12.0. The lowest BCUT2D eigenvalue weighted by Gasteiger charge is -2.12. The molecule has 0 radical (unpaired) electrons. The van der Waals surface area contributed by atoms with Crippen molar-refractivity contribution in [2.75, 3.05) is 18.1 Å². The average Bonchev–Trinajstić information content (AvgIpc) is 2.42. The number of carbonyl (C=O) groups excluding carboxylic acids is 1. The standard InChI is InChI=1S/C14H14BrN3O/c1-17-14(19)9-6-7-13(11(16)8-9)18-12-5-3-2-4-10(12)15/h2-8,18H,16H2,1H3,(H,17,19). The zero-order valence-electron chi connectivity index (χ0n) is 10.4. The van der Waals surface area contributed by atoms with Gasteiger partial charge in [0.25, 0.3) is 5.91 Å². The maximum Gasteiger partial charge on any atom is 0.251 e. The molecule has 5 heteroatoms. The second kappa shape index (κ2) is 5.75. The molecule has 0 atom stereocenters. The van der Waals surface area contributed by atoms with Crippen LogP contribution in [-0.2, 0) is 0 Å². The molecule has 0 aliphatic carbocycles. The van der Waals surface area contributed by atoms with E-state index in [9.17, 15) is 4.79 Å². The molecule has 19 heavy (non-hydrogen) atoms. The first-order valence-corrected chi connectivity index (χ1v) is 6.54. The van der Waals surface area contributed by atoms with Crippen LogP contribution in [-0.4, -0.2) is 13.0 Å². The topological polar surface area (TPSA) is 67.2 Å². The summed E-state index contributed by atoms with van der Waals surface area (Å²) < 4.78 is 0.949. The number of nitrogens with one attached hydrogen (secondary N) is 2. The summed E-state index contributed by atoms with van der Waals surface area (Å²) in [6.07, 6.45) is 0. The van der Waals surface area contributed by atoms with E-state index < -0.39 is 0 Å². The minimum absolute atomic E-state index is 0.154.